The first-order valence-electron chi connectivity index (χ1n) is 13.3. The number of likely N-dealkylation sites (tertiary alicyclic amines) is 1. The highest BCUT2D eigenvalue weighted by molar-refractivity contribution is 6.40. The summed E-state index contributed by atoms with van der Waals surface area (Å²) in [6.07, 6.45) is 3.78. The lowest BCUT2D eigenvalue weighted by molar-refractivity contribution is -0.133. The smallest absolute Gasteiger partial charge is 0.274 e. The summed E-state index contributed by atoms with van der Waals surface area (Å²) in [5.74, 6) is -1.45. The second-order valence-corrected chi connectivity index (χ2v) is 10.9. The fourth-order valence-corrected chi connectivity index (χ4v) is 5.51. The third-order valence-electron chi connectivity index (χ3n) is 7.16. The van der Waals surface area contributed by atoms with Crippen molar-refractivity contribution in [3.63, 3.8) is 0 Å². The van der Waals surface area contributed by atoms with Gasteiger partial charge in [-0.25, -0.2) is 0 Å². The Morgan fingerprint density at radius 1 is 0.976 bits per heavy atom. The van der Waals surface area contributed by atoms with Crippen LogP contribution in [0.2, 0.25) is 10.0 Å². The highest BCUT2D eigenvalue weighted by Gasteiger charge is 2.27. The summed E-state index contributed by atoms with van der Waals surface area (Å²) in [4.78, 5) is 51.3. The number of H-pyrrole nitrogens is 1. The lowest BCUT2D eigenvalue weighted by Gasteiger charge is -2.32. The van der Waals surface area contributed by atoms with Crippen molar-refractivity contribution in [2.45, 2.75) is 44.3 Å². The number of nitrogens with one attached hydrogen (secondary N) is 5. The number of anilines is 2. The Morgan fingerprint density at radius 2 is 1.68 bits per heavy atom. The Kier molecular flexibility index (Phi) is 8.87. The Bertz CT molecular complexity index is 1430. The van der Waals surface area contributed by atoms with Gasteiger partial charge in [-0.05, 0) is 49.1 Å². The molecule has 2 saturated heterocycles. The summed E-state index contributed by atoms with van der Waals surface area (Å²) >= 11 is 12.3. The molecular weight excluding hydrogens is 569 g/mol. The molecule has 5 N–H and O–H groups in total. The maximum absolute atomic E-state index is 13.0. The van der Waals surface area contributed by atoms with Gasteiger partial charge in [0.25, 0.3) is 11.8 Å². The SMILES string of the molecule is O=C1CCC(Nc2ccc(CN3CCC(NC(=O)c4n[nH]cc4NC(=O)c4c(Cl)cccc4Cl)CC3)cc2)C(=O)N1. The first-order chi connectivity index (χ1) is 19.8. The number of aromatic nitrogens is 2. The number of amides is 4. The molecule has 0 aliphatic carbocycles. The molecule has 3 aromatic rings. The number of halogens is 2. The van der Waals surface area contributed by atoms with Gasteiger partial charge in [0.05, 0.1) is 21.3 Å². The molecule has 5 rings (SSSR count). The Labute approximate surface area is 246 Å². The molecule has 0 spiro atoms. The van der Waals surface area contributed by atoms with Crippen molar-refractivity contribution in [1.29, 1.82) is 0 Å². The van der Waals surface area contributed by atoms with E-state index in [4.69, 9.17) is 23.2 Å². The molecule has 3 heterocycles. The summed E-state index contributed by atoms with van der Waals surface area (Å²) in [7, 11) is 0. The number of imide groups is 1. The van der Waals surface area contributed by atoms with Crippen molar-refractivity contribution in [3.05, 3.63) is 75.5 Å². The quantitative estimate of drug-likeness (QED) is 0.249. The molecule has 2 fully saturated rings. The van der Waals surface area contributed by atoms with Gasteiger partial charge in [-0.1, -0.05) is 41.4 Å². The zero-order valence-electron chi connectivity index (χ0n) is 22.0. The monoisotopic (exact) mass is 597 g/mol. The maximum Gasteiger partial charge on any atom is 0.274 e. The van der Waals surface area contributed by atoms with E-state index >= 15 is 0 Å². The largest absolute Gasteiger partial charge is 0.374 e. The van der Waals surface area contributed by atoms with Crippen LogP contribution in [-0.2, 0) is 16.1 Å². The standard InChI is InChI=1S/C28H29Cl2N7O4/c29-19-2-1-3-20(30)24(19)27(40)34-22-14-31-36-25(22)28(41)33-18-10-12-37(13-11-18)15-16-4-6-17(7-5-16)32-21-8-9-23(38)35-26(21)39/h1-7,14,18,21,32H,8-13,15H2,(H,31,36)(H,33,41)(H,34,40)(H,35,38,39). The topological polar surface area (TPSA) is 148 Å². The predicted octanol–water partition coefficient (Wildman–Crippen LogP) is 3.58. The van der Waals surface area contributed by atoms with E-state index in [1.54, 1.807) is 18.2 Å². The van der Waals surface area contributed by atoms with Crippen LogP contribution in [0.1, 0.15) is 52.1 Å². The average Bonchev–Trinajstić information content (AvgIpc) is 3.40. The molecule has 1 aromatic heterocycles. The van der Waals surface area contributed by atoms with Gasteiger partial charge >= 0.3 is 0 Å². The highest BCUT2D eigenvalue weighted by Crippen LogP contribution is 2.26. The lowest BCUT2D eigenvalue weighted by Crippen LogP contribution is -2.47. The van der Waals surface area contributed by atoms with E-state index in [2.05, 4.69) is 36.4 Å². The van der Waals surface area contributed by atoms with Crippen LogP contribution in [0.15, 0.2) is 48.7 Å². The number of carbonyl (C=O) groups excluding carboxylic acids is 4. The molecule has 0 saturated carbocycles. The molecule has 41 heavy (non-hydrogen) atoms. The molecule has 4 amide bonds. The molecular formula is C28H29Cl2N7O4. The molecule has 0 radical (unpaired) electrons. The van der Waals surface area contributed by atoms with Gasteiger partial charge in [0, 0.05) is 44.0 Å². The molecule has 13 heteroatoms. The van der Waals surface area contributed by atoms with Crippen molar-refractivity contribution in [1.82, 2.24) is 25.7 Å². The van der Waals surface area contributed by atoms with Gasteiger partial charge < -0.3 is 16.0 Å². The Balaban J connectivity index is 1.09. The van der Waals surface area contributed by atoms with Crippen LogP contribution in [-0.4, -0.2) is 63.9 Å². The van der Waals surface area contributed by atoms with E-state index < -0.39 is 11.9 Å². The number of hydrogen-bond acceptors (Lipinski definition) is 7. The summed E-state index contributed by atoms with van der Waals surface area (Å²) in [5, 5.41) is 18.3. The summed E-state index contributed by atoms with van der Waals surface area (Å²) in [6, 6.07) is 12.2. The minimum absolute atomic E-state index is 0.0305. The van der Waals surface area contributed by atoms with E-state index in [0.29, 0.717) is 12.8 Å². The van der Waals surface area contributed by atoms with Crippen molar-refractivity contribution < 1.29 is 19.2 Å². The van der Waals surface area contributed by atoms with Crippen molar-refractivity contribution in [2.24, 2.45) is 0 Å². The van der Waals surface area contributed by atoms with E-state index in [0.717, 1.165) is 43.7 Å². The van der Waals surface area contributed by atoms with Gasteiger partial charge in [0.2, 0.25) is 11.8 Å². The maximum atomic E-state index is 13.0. The fraction of sp³-hybridized carbons (Fsp3) is 0.321. The van der Waals surface area contributed by atoms with E-state index in [-0.39, 0.29) is 50.8 Å². The molecule has 2 aliphatic heterocycles. The number of benzene rings is 2. The van der Waals surface area contributed by atoms with Crippen LogP contribution in [0, 0.1) is 0 Å². The number of hydrogen-bond donors (Lipinski definition) is 5. The van der Waals surface area contributed by atoms with Crippen LogP contribution >= 0.6 is 23.2 Å². The van der Waals surface area contributed by atoms with Gasteiger partial charge in [0.1, 0.15) is 6.04 Å². The zero-order chi connectivity index (χ0) is 28.9. The number of rotatable bonds is 8. The average molecular weight is 598 g/mol. The van der Waals surface area contributed by atoms with Crippen molar-refractivity contribution in [2.75, 3.05) is 23.7 Å². The molecule has 1 unspecified atom stereocenters. The number of carbonyl (C=O) groups is 4. The Hall–Kier alpha value is -3.93. The van der Waals surface area contributed by atoms with E-state index in [9.17, 15) is 19.2 Å². The van der Waals surface area contributed by atoms with Crippen molar-refractivity contribution in [3.8, 4) is 0 Å². The third kappa shape index (κ3) is 7.05. The van der Waals surface area contributed by atoms with Gasteiger partial charge in [-0.3, -0.25) is 34.5 Å². The lowest BCUT2D eigenvalue weighted by atomic mass is 10.0. The third-order valence-corrected chi connectivity index (χ3v) is 7.79. The van der Waals surface area contributed by atoms with E-state index in [1.807, 2.05) is 24.3 Å². The number of nitrogens with zero attached hydrogens (tertiary/aromatic N) is 2. The van der Waals surface area contributed by atoms with Crippen LogP contribution < -0.4 is 21.3 Å². The van der Waals surface area contributed by atoms with Crippen LogP contribution in [0.25, 0.3) is 0 Å². The molecule has 1 atom stereocenters. The molecule has 214 valence electrons. The summed E-state index contributed by atoms with van der Waals surface area (Å²) in [5.41, 5.74) is 2.40. The number of aromatic amines is 1. The van der Waals surface area contributed by atoms with E-state index in [1.165, 1.54) is 6.20 Å². The molecule has 0 bridgehead atoms. The van der Waals surface area contributed by atoms with Crippen LogP contribution in [0.3, 0.4) is 0 Å². The molecule has 11 nitrogen and oxygen atoms in total. The molecule has 2 aromatic carbocycles. The van der Waals surface area contributed by atoms with Crippen LogP contribution in [0.5, 0.6) is 0 Å². The van der Waals surface area contributed by atoms with Gasteiger partial charge in [0.15, 0.2) is 5.69 Å². The van der Waals surface area contributed by atoms with Gasteiger partial charge in [-0.2, -0.15) is 5.10 Å². The number of piperidine rings is 2. The summed E-state index contributed by atoms with van der Waals surface area (Å²) in [6.45, 7) is 2.37. The normalized spacial score (nSPS) is 18.0. The second-order valence-electron chi connectivity index (χ2n) is 10.1. The zero-order valence-corrected chi connectivity index (χ0v) is 23.5. The second kappa shape index (κ2) is 12.7. The fourth-order valence-electron chi connectivity index (χ4n) is 4.94. The first-order valence-corrected chi connectivity index (χ1v) is 14.0. The summed E-state index contributed by atoms with van der Waals surface area (Å²) < 4.78 is 0. The minimum Gasteiger partial charge on any atom is -0.374 e. The molecule has 2 aliphatic rings. The predicted molar refractivity (Wildman–Crippen MR) is 155 cm³/mol. The first kappa shape index (κ1) is 28.6. The highest BCUT2D eigenvalue weighted by atomic mass is 35.5. The Morgan fingerprint density at radius 3 is 2.37 bits per heavy atom. The van der Waals surface area contributed by atoms with Crippen molar-refractivity contribution >= 4 is 58.2 Å². The van der Waals surface area contributed by atoms with Gasteiger partial charge in [-0.15, -0.1) is 0 Å². The minimum atomic E-state index is -0.538. The van der Waals surface area contributed by atoms with Crippen LogP contribution in [0.4, 0.5) is 11.4 Å².